The second-order valence-corrected chi connectivity index (χ2v) is 4.90. The largest absolute Gasteiger partial charge is 0.438 e. The lowest BCUT2D eigenvalue weighted by atomic mass is 10.2. The molecule has 0 bridgehead atoms. The van der Waals surface area contributed by atoms with E-state index in [1.54, 1.807) is 24.3 Å². The molecule has 118 valence electrons. The van der Waals surface area contributed by atoms with Crippen LogP contribution in [0.4, 0.5) is 5.69 Å². The number of benzene rings is 1. The molecule has 0 aliphatic carbocycles. The maximum Gasteiger partial charge on any atom is 0.247 e. The van der Waals surface area contributed by atoms with Crippen LogP contribution in [0.25, 0.3) is 6.08 Å². The van der Waals surface area contributed by atoms with Crippen molar-refractivity contribution in [3.8, 4) is 11.6 Å². The average molecular weight is 309 g/mol. The minimum Gasteiger partial charge on any atom is -0.438 e. The Labute approximate surface area is 135 Å². The highest BCUT2D eigenvalue weighted by Crippen LogP contribution is 2.28. The van der Waals surface area contributed by atoms with Crippen molar-refractivity contribution in [1.82, 2.24) is 9.97 Å². The van der Waals surface area contributed by atoms with Crippen molar-refractivity contribution < 1.29 is 9.53 Å². The van der Waals surface area contributed by atoms with Crippen LogP contribution in [-0.2, 0) is 4.79 Å². The summed E-state index contributed by atoms with van der Waals surface area (Å²) in [7, 11) is 0. The van der Waals surface area contributed by atoms with Gasteiger partial charge in [-0.3, -0.25) is 4.79 Å². The Kier molecular flexibility index (Phi) is 5.25. The fraction of sp³-hybridized carbons (Fsp3) is 0.167. The van der Waals surface area contributed by atoms with Crippen molar-refractivity contribution in [2.24, 2.45) is 0 Å². The van der Waals surface area contributed by atoms with Crippen LogP contribution in [0.2, 0.25) is 0 Å². The monoisotopic (exact) mass is 309 g/mol. The Balaban J connectivity index is 2.34. The van der Waals surface area contributed by atoms with Gasteiger partial charge in [-0.05, 0) is 39.0 Å². The van der Waals surface area contributed by atoms with E-state index in [0.29, 0.717) is 23.1 Å². The molecule has 0 atom stereocenters. The maximum absolute atomic E-state index is 11.4. The van der Waals surface area contributed by atoms with Gasteiger partial charge in [0.25, 0.3) is 0 Å². The Morgan fingerprint density at radius 3 is 2.78 bits per heavy atom. The topological polar surface area (TPSA) is 64.1 Å². The predicted molar refractivity (Wildman–Crippen MR) is 91.6 cm³/mol. The fourth-order valence-electron chi connectivity index (χ4n) is 2.07. The van der Waals surface area contributed by atoms with Gasteiger partial charge in [0.05, 0.1) is 11.3 Å². The molecule has 0 aliphatic rings. The number of aromatic nitrogens is 2. The summed E-state index contributed by atoms with van der Waals surface area (Å²) < 4.78 is 5.90. The third-order valence-corrected chi connectivity index (χ3v) is 3.05. The molecule has 0 saturated carbocycles. The number of anilines is 1. The Bertz CT molecular complexity index is 767. The second-order valence-electron chi connectivity index (χ2n) is 4.90. The lowest BCUT2D eigenvalue weighted by molar-refractivity contribution is -0.111. The minimum atomic E-state index is -0.273. The van der Waals surface area contributed by atoms with E-state index in [4.69, 9.17) is 4.74 Å². The maximum atomic E-state index is 11.4. The quantitative estimate of drug-likeness (QED) is 0.846. The second kappa shape index (κ2) is 7.35. The van der Waals surface area contributed by atoms with Crippen molar-refractivity contribution >= 4 is 17.7 Å². The Morgan fingerprint density at radius 1 is 1.30 bits per heavy atom. The predicted octanol–water partition coefficient (Wildman–Crippen LogP) is 4.04. The number of carbonyl (C=O) groups is 1. The van der Waals surface area contributed by atoms with E-state index in [1.165, 1.54) is 6.08 Å². The van der Waals surface area contributed by atoms with Crippen LogP contribution in [0.15, 0.2) is 43.0 Å². The molecular weight excluding hydrogens is 290 g/mol. The number of carbonyl (C=O) groups excluding carboxylic acids is 1. The highest BCUT2D eigenvalue weighted by Gasteiger charge is 2.10. The van der Waals surface area contributed by atoms with E-state index in [-0.39, 0.29) is 5.91 Å². The molecule has 0 unspecified atom stereocenters. The summed E-state index contributed by atoms with van der Waals surface area (Å²) in [6.07, 6.45) is 5.04. The average Bonchev–Trinajstić information content (AvgIpc) is 2.51. The normalized spacial score (nSPS) is 10.6. The molecule has 2 rings (SSSR count). The van der Waals surface area contributed by atoms with Gasteiger partial charge in [0.1, 0.15) is 11.6 Å². The van der Waals surface area contributed by atoms with Gasteiger partial charge in [-0.2, -0.15) is 4.98 Å². The smallest absolute Gasteiger partial charge is 0.247 e. The van der Waals surface area contributed by atoms with Crippen molar-refractivity contribution in [2.75, 3.05) is 5.32 Å². The first-order valence-corrected chi connectivity index (χ1v) is 7.22. The molecule has 2 aromatic rings. The van der Waals surface area contributed by atoms with Crippen LogP contribution in [0.3, 0.4) is 0 Å². The molecule has 0 fully saturated rings. The van der Waals surface area contributed by atoms with Gasteiger partial charge in [0, 0.05) is 11.8 Å². The van der Waals surface area contributed by atoms with Gasteiger partial charge in [-0.1, -0.05) is 24.8 Å². The van der Waals surface area contributed by atoms with Crippen LogP contribution in [0.5, 0.6) is 11.6 Å². The first kappa shape index (κ1) is 16.4. The fourth-order valence-corrected chi connectivity index (χ4v) is 2.07. The van der Waals surface area contributed by atoms with Crippen molar-refractivity contribution in [3.63, 3.8) is 0 Å². The standard InChI is InChI=1S/C18H19N3O2/c1-5-8-16-12(3)19-13(4)20-18(16)23-15-10-7-9-14(11-15)21-17(22)6-2/h5-11H,2H2,1,3-4H3,(H,21,22)/b8-5-. The van der Waals surface area contributed by atoms with E-state index < -0.39 is 0 Å². The molecule has 1 aromatic heterocycles. The van der Waals surface area contributed by atoms with E-state index >= 15 is 0 Å². The summed E-state index contributed by atoms with van der Waals surface area (Å²) in [4.78, 5) is 20.1. The van der Waals surface area contributed by atoms with Gasteiger partial charge in [-0.25, -0.2) is 4.98 Å². The first-order valence-electron chi connectivity index (χ1n) is 7.22. The van der Waals surface area contributed by atoms with Crippen LogP contribution in [0, 0.1) is 13.8 Å². The molecule has 0 aliphatic heterocycles. The van der Waals surface area contributed by atoms with Gasteiger partial charge in [0.2, 0.25) is 11.8 Å². The summed E-state index contributed by atoms with van der Waals surface area (Å²) in [5.74, 6) is 1.43. The first-order chi connectivity index (χ1) is 11.0. The number of amides is 1. The highest BCUT2D eigenvalue weighted by atomic mass is 16.5. The molecular formula is C18H19N3O2. The number of ether oxygens (including phenoxy) is 1. The molecule has 5 nitrogen and oxygen atoms in total. The number of hydrogen-bond acceptors (Lipinski definition) is 4. The number of allylic oxidation sites excluding steroid dienone is 1. The van der Waals surface area contributed by atoms with Crippen molar-refractivity contribution in [1.29, 1.82) is 0 Å². The third-order valence-electron chi connectivity index (χ3n) is 3.05. The van der Waals surface area contributed by atoms with E-state index in [9.17, 15) is 4.79 Å². The zero-order chi connectivity index (χ0) is 16.8. The summed E-state index contributed by atoms with van der Waals surface area (Å²) in [5.41, 5.74) is 2.31. The number of nitrogens with one attached hydrogen (secondary N) is 1. The summed E-state index contributed by atoms with van der Waals surface area (Å²) >= 11 is 0. The van der Waals surface area contributed by atoms with Crippen LogP contribution in [-0.4, -0.2) is 15.9 Å². The van der Waals surface area contributed by atoms with Crippen molar-refractivity contribution in [3.05, 3.63) is 60.1 Å². The lowest BCUT2D eigenvalue weighted by Crippen LogP contribution is -2.07. The minimum absolute atomic E-state index is 0.273. The zero-order valence-corrected chi connectivity index (χ0v) is 13.5. The van der Waals surface area contributed by atoms with Gasteiger partial charge >= 0.3 is 0 Å². The van der Waals surface area contributed by atoms with Gasteiger partial charge < -0.3 is 10.1 Å². The van der Waals surface area contributed by atoms with Crippen molar-refractivity contribution in [2.45, 2.75) is 20.8 Å². The molecule has 1 amide bonds. The number of rotatable bonds is 5. The molecule has 5 heteroatoms. The molecule has 0 saturated heterocycles. The number of hydrogen-bond donors (Lipinski definition) is 1. The van der Waals surface area contributed by atoms with Crippen LogP contribution < -0.4 is 10.1 Å². The van der Waals surface area contributed by atoms with Crippen LogP contribution in [0.1, 0.15) is 24.0 Å². The Morgan fingerprint density at radius 2 is 2.09 bits per heavy atom. The van der Waals surface area contributed by atoms with Gasteiger partial charge in [0.15, 0.2) is 0 Å². The van der Waals surface area contributed by atoms with E-state index in [1.807, 2.05) is 32.9 Å². The summed E-state index contributed by atoms with van der Waals surface area (Å²) in [6.45, 7) is 9.09. The Hall–Kier alpha value is -2.95. The van der Waals surface area contributed by atoms with E-state index in [0.717, 1.165) is 11.3 Å². The molecule has 23 heavy (non-hydrogen) atoms. The zero-order valence-electron chi connectivity index (χ0n) is 13.5. The number of aryl methyl sites for hydroxylation is 2. The molecule has 1 N–H and O–H groups in total. The number of nitrogens with zero attached hydrogens (tertiary/aromatic N) is 2. The lowest BCUT2D eigenvalue weighted by Gasteiger charge is -2.11. The molecule has 1 heterocycles. The van der Waals surface area contributed by atoms with Crippen LogP contribution >= 0.6 is 0 Å². The summed E-state index contributed by atoms with van der Waals surface area (Å²) in [6, 6.07) is 7.10. The SMILES string of the molecule is C=CC(=O)Nc1cccc(Oc2nc(C)nc(C)c2/C=C\C)c1. The highest BCUT2D eigenvalue weighted by molar-refractivity contribution is 5.98. The molecule has 0 spiro atoms. The third kappa shape index (κ3) is 4.26. The summed E-state index contributed by atoms with van der Waals surface area (Å²) in [5, 5.41) is 2.70. The van der Waals surface area contributed by atoms with E-state index in [2.05, 4.69) is 21.9 Å². The van der Waals surface area contributed by atoms with Gasteiger partial charge in [-0.15, -0.1) is 0 Å². The molecule has 0 radical (unpaired) electrons. The molecule has 1 aromatic carbocycles.